The molecule has 3 nitrogen and oxygen atoms in total. The summed E-state index contributed by atoms with van der Waals surface area (Å²) in [6.07, 6.45) is 0. The fourth-order valence-electron chi connectivity index (χ4n) is 16.7. The molecule has 117 heavy (non-hydrogen) atoms. The SMILES string of the molecule is [2H]c1c([2H])c([2H])c2c(-c3ccc4oc5ccccc5c4c3)c3c([2H])c([2H])c([2H])c([2H])c3c(-c3ccc(-c4ccccc4)cc3)c2c1[2H].[2H]c1c([2H])c([2H])c2c(-c3ccc4oc5ccccc5c4c3)c3c([2H])c([2H])c([2H])c([2H])c3c(-c3cccc(-c4ccccc4)c3)c2c1[2H].[2H]c1c([2H])c([2H])c2c(-c3ccccc3-c3ccccc3)c3c([2H])c([2H])c([2H])c([2H])c3c(-c3ccc4oc5ccccc5c4c3)c2c1[2H]. The van der Waals surface area contributed by atoms with Crippen molar-refractivity contribution in [3.05, 3.63) is 436 Å². The zero-order valence-electron chi connectivity index (χ0n) is 85.9. The van der Waals surface area contributed by atoms with Crippen molar-refractivity contribution >= 4 is 130 Å². The molecule has 3 heterocycles. The molecule has 0 bridgehead atoms. The fourth-order valence-corrected chi connectivity index (χ4v) is 16.7. The fraction of sp³-hybridized carbons (Fsp3) is 0. The summed E-state index contributed by atoms with van der Waals surface area (Å²) in [5.41, 5.74) is 14.5. The van der Waals surface area contributed by atoms with Gasteiger partial charge in [-0.15, -0.1) is 0 Å². The highest BCUT2D eigenvalue weighted by Gasteiger charge is 2.24. The molecule has 0 radical (unpaired) electrons. The maximum Gasteiger partial charge on any atom is 0.135 e. The molecule has 0 saturated heterocycles. The predicted molar refractivity (Wildman–Crippen MR) is 495 cm³/mol. The number of fused-ring (bicyclic) bond motifs is 15. The van der Waals surface area contributed by atoms with Crippen LogP contribution in [0.5, 0.6) is 0 Å². The predicted octanol–water partition coefficient (Wildman–Crippen LogP) is 32.7. The Morgan fingerprint density at radius 2 is 0.368 bits per heavy atom. The number of benzene rings is 21. The Morgan fingerprint density at radius 3 is 0.726 bits per heavy atom. The molecule has 0 fully saturated rings. The van der Waals surface area contributed by atoms with Gasteiger partial charge >= 0.3 is 0 Å². The quantitative estimate of drug-likeness (QED) is 0.135. The van der Waals surface area contributed by atoms with Gasteiger partial charge in [-0.05, 0) is 225 Å². The molecule has 0 amide bonds. The summed E-state index contributed by atoms with van der Waals surface area (Å²) in [5, 5.41) is 7.11. The Morgan fingerprint density at radius 1 is 0.137 bits per heavy atom. The normalized spacial score (nSPS) is 14.5. The van der Waals surface area contributed by atoms with Gasteiger partial charge in [0, 0.05) is 32.3 Å². The Hall–Kier alpha value is -15.4. The maximum atomic E-state index is 9.26. The molecule has 546 valence electrons. The largest absolute Gasteiger partial charge is 0.456 e. The third-order valence-electron chi connectivity index (χ3n) is 21.9. The molecule has 0 N–H and O–H groups in total. The first-order chi connectivity index (χ1) is 68.0. The first-order valence-electron chi connectivity index (χ1n) is 50.1. The van der Waals surface area contributed by atoms with Crippen LogP contribution in [0.4, 0.5) is 0 Å². The summed E-state index contributed by atoms with van der Waals surface area (Å²) in [4.78, 5) is 0. The molecule has 0 aliphatic rings. The molecule has 24 rings (SSSR count). The van der Waals surface area contributed by atoms with Crippen LogP contribution in [0, 0.1) is 0 Å². The maximum absolute atomic E-state index is 9.26. The van der Waals surface area contributed by atoms with Gasteiger partial charge in [0.2, 0.25) is 0 Å². The highest BCUT2D eigenvalue weighted by Crippen LogP contribution is 2.51. The zero-order valence-corrected chi connectivity index (χ0v) is 61.9. The van der Waals surface area contributed by atoms with Gasteiger partial charge in [-0.25, -0.2) is 0 Å². The van der Waals surface area contributed by atoms with Gasteiger partial charge in [-0.3, -0.25) is 0 Å². The van der Waals surface area contributed by atoms with Crippen LogP contribution in [-0.4, -0.2) is 0 Å². The molecular weight excluding hydrogens is 1420 g/mol. The minimum Gasteiger partial charge on any atom is -0.456 e. The zero-order chi connectivity index (χ0) is 98.2. The lowest BCUT2D eigenvalue weighted by Gasteiger charge is -2.19. The lowest BCUT2D eigenvalue weighted by atomic mass is 9.83. The molecule has 3 heteroatoms. The van der Waals surface area contributed by atoms with Gasteiger partial charge < -0.3 is 13.3 Å². The Kier molecular flexibility index (Phi) is 11.8. The van der Waals surface area contributed by atoms with Crippen molar-refractivity contribution in [1.82, 2.24) is 0 Å². The van der Waals surface area contributed by atoms with Crippen LogP contribution < -0.4 is 0 Å². The Bertz CT molecular complexity index is 9290. The second kappa shape index (κ2) is 29.0. The minimum atomic E-state index is -0.430. The van der Waals surface area contributed by atoms with Gasteiger partial charge in [-0.1, -0.05) is 376 Å². The van der Waals surface area contributed by atoms with E-state index in [1.807, 2.05) is 255 Å². The second-order valence-corrected chi connectivity index (χ2v) is 28.5. The summed E-state index contributed by atoms with van der Waals surface area (Å²) >= 11 is 0. The van der Waals surface area contributed by atoms with E-state index in [0.29, 0.717) is 100 Å². The van der Waals surface area contributed by atoms with Gasteiger partial charge in [-0.2, -0.15) is 0 Å². The summed E-state index contributed by atoms with van der Waals surface area (Å²) < 4.78 is 233. The van der Waals surface area contributed by atoms with Crippen molar-refractivity contribution in [2.45, 2.75) is 0 Å². The first-order valence-corrected chi connectivity index (χ1v) is 38.1. The molecule has 0 aliphatic heterocycles. The van der Waals surface area contributed by atoms with Crippen molar-refractivity contribution in [2.24, 2.45) is 0 Å². The van der Waals surface area contributed by atoms with Crippen molar-refractivity contribution in [2.75, 3.05) is 0 Å². The molecule has 24 aromatic rings. The monoisotopic (exact) mass is 1510 g/mol. The van der Waals surface area contributed by atoms with Gasteiger partial charge in [0.1, 0.15) is 33.5 Å². The van der Waals surface area contributed by atoms with Crippen LogP contribution in [0.3, 0.4) is 0 Å². The smallest absolute Gasteiger partial charge is 0.135 e. The van der Waals surface area contributed by atoms with E-state index in [9.17, 15) is 13.7 Å². The number of rotatable bonds is 9. The van der Waals surface area contributed by atoms with Crippen LogP contribution in [0.1, 0.15) is 32.9 Å². The lowest BCUT2D eigenvalue weighted by molar-refractivity contribution is 0.668. The average Bonchev–Trinajstić information content (AvgIpc) is 0.972. The van der Waals surface area contributed by atoms with E-state index in [4.69, 9.17) is 32.4 Å². The van der Waals surface area contributed by atoms with E-state index in [-0.39, 0.29) is 137 Å². The average molecular weight is 1510 g/mol. The number of para-hydroxylation sites is 3. The summed E-state index contributed by atoms with van der Waals surface area (Å²) in [6, 6.07) is 82.0. The van der Waals surface area contributed by atoms with E-state index in [2.05, 4.69) is 0 Å². The summed E-state index contributed by atoms with van der Waals surface area (Å²) in [7, 11) is 0. The molecule has 0 aliphatic carbocycles. The second-order valence-electron chi connectivity index (χ2n) is 28.5. The van der Waals surface area contributed by atoms with Gasteiger partial charge in [0.05, 0.1) is 32.9 Å². The molecular formula is C114H72O3. The van der Waals surface area contributed by atoms with Crippen LogP contribution in [-0.2, 0) is 0 Å². The van der Waals surface area contributed by atoms with Crippen LogP contribution in [0.25, 0.3) is 231 Å². The van der Waals surface area contributed by atoms with Crippen LogP contribution in [0.2, 0.25) is 0 Å². The summed E-state index contributed by atoms with van der Waals surface area (Å²) in [5.74, 6) is 0. The topological polar surface area (TPSA) is 39.4 Å². The Balaban J connectivity index is 0.000000121. The third-order valence-corrected chi connectivity index (χ3v) is 21.9. The molecule has 0 spiro atoms. The molecule has 21 aromatic carbocycles. The number of hydrogen-bond donors (Lipinski definition) is 0. The minimum absolute atomic E-state index is 0.179. The third kappa shape index (κ3) is 12.0. The molecule has 0 unspecified atom stereocenters. The molecule has 0 saturated carbocycles. The van der Waals surface area contributed by atoms with E-state index >= 15 is 0 Å². The van der Waals surface area contributed by atoms with E-state index in [1.165, 1.54) is 0 Å². The molecule has 0 atom stereocenters. The highest BCUT2D eigenvalue weighted by atomic mass is 16.3. The Labute approximate surface area is 709 Å². The lowest BCUT2D eigenvalue weighted by Crippen LogP contribution is -1.92. The van der Waals surface area contributed by atoms with E-state index in [0.717, 1.165) is 65.7 Å². The van der Waals surface area contributed by atoms with E-state index in [1.54, 1.807) is 36.4 Å². The summed E-state index contributed by atoms with van der Waals surface area (Å²) in [6.45, 7) is 0. The number of furan rings is 3. The van der Waals surface area contributed by atoms with E-state index < -0.39 is 72.5 Å². The highest BCUT2D eigenvalue weighted by molar-refractivity contribution is 6.26. The van der Waals surface area contributed by atoms with Gasteiger partial charge in [0.25, 0.3) is 0 Å². The van der Waals surface area contributed by atoms with Crippen molar-refractivity contribution in [3.8, 4) is 100 Å². The number of hydrogen-bond acceptors (Lipinski definition) is 3. The molecule has 3 aromatic heterocycles. The van der Waals surface area contributed by atoms with Gasteiger partial charge in [0.15, 0.2) is 0 Å². The van der Waals surface area contributed by atoms with Crippen molar-refractivity contribution in [3.63, 3.8) is 0 Å². The van der Waals surface area contributed by atoms with Crippen molar-refractivity contribution < 1.29 is 46.1 Å². The van der Waals surface area contributed by atoms with Crippen molar-refractivity contribution in [1.29, 1.82) is 0 Å². The van der Waals surface area contributed by atoms with Crippen LogP contribution >= 0.6 is 0 Å². The standard InChI is InChI=1S/3C38H24O/c1-2-11-25(12-3-1)26-13-10-14-27(23-26)37-30-16-4-6-18-32(30)38(33-19-7-5-17-31(33)37)28-21-22-36-34(24-28)29-15-8-9-20-35(29)39-36;1-2-10-25(11-3-1)26-18-20-27(21-19-26)37-30-13-4-6-15-32(30)38(33-16-7-5-14-31(33)37)28-22-23-36-34(24-28)29-12-8-9-17-35(29)39-36;1-2-12-25(13-3-1)27-14-4-5-16-29(27)38-32-19-8-6-17-30(32)37(31-18-7-9-20-33(31)38)26-22-23-36-34(24-26)28-15-10-11-21-35(28)39-36/h3*1-24H/i4D,5D,6D,7D,16D,17D,18D,19D;4D,5D,6D,7D,13D,14D,15D,16D;6D,7D,8D,9D,17D,18D,19D,20D. The van der Waals surface area contributed by atoms with Crippen LogP contribution in [0.15, 0.2) is 449 Å². The first kappa shape index (κ1) is 47.8.